The number of H-pyrrole nitrogens is 1. The van der Waals surface area contributed by atoms with Crippen molar-refractivity contribution >= 4 is 5.82 Å². The summed E-state index contributed by atoms with van der Waals surface area (Å²) in [4.78, 5) is 10.8. The Kier molecular flexibility index (Phi) is 6.08. The molecule has 0 amide bonds. The largest absolute Gasteiger partial charge is 0.492 e. The van der Waals surface area contributed by atoms with E-state index in [9.17, 15) is 0 Å². The third-order valence-corrected chi connectivity index (χ3v) is 4.91. The van der Waals surface area contributed by atoms with Crippen LogP contribution >= 0.6 is 0 Å². The van der Waals surface area contributed by atoms with Gasteiger partial charge in [-0.3, -0.25) is 5.10 Å². The number of ether oxygens (including phenoxy) is 1. The first-order chi connectivity index (χ1) is 14.7. The van der Waals surface area contributed by atoms with Crippen LogP contribution in [0, 0.1) is 6.92 Å². The summed E-state index contributed by atoms with van der Waals surface area (Å²) in [6.45, 7) is 4.13. The fourth-order valence-corrected chi connectivity index (χ4v) is 3.22. The lowest BCUT2D eigenvalue weighted by Crippen LogP contribution is -2.24. The maximum atomic E-state index is 5.89. The minimum atomic E-state index is 0.601. The van der Waals surface area contributed by atoms with Crippen molar-refractivity contribution in [2.75, 3.05) is 25.1 Å². The van der Waals surface area contributed by atoms with Gasteiger partial charge in [0.25, 0.3) is 0 Å². The second-order valence-corrected chi connectivity index (χ2v) is 7.21. The number of pyridine rings is 1. The normalized spacial score (nSPS) is 10.9. The van der Waals surface area contributed by atoms with Gasteiger partial charge in [-0.05, 0) is 48.4 Å². The molecule has 0 spiro atoms. The molecule has 4 rings (SSSR count). The predicted octanol–water partition coefficient (Wildman–Crippen LogP) is 3.73. The molecule has 0 unspecified atom stereocenters. The van der Waals surface area contributed by atoms with Crippen molar-refractivity contribution in [2.24, 2.45) is 0 Å². The van der Waals surface area contributed by atoms with Crippen LogP contribution in [-0.4, -0.2) is 44.9 Å². The van der Waals surface area contributed by atoms with E-state index in [4.69, 9.17) is 4.74 Å². The van der Waals surface area contributed by atoms with Crippen LogP contribution < -0.4 is 9.64 Å². The zero-order valence-electron chi connectivity index (χ0n) is 17.3. The number of nitrogens with one attached hydrogen (secondary N) is 1. The van der Waals surface area contributed by atoms with Gasteiger partial charge in [0.1, 0.15) is 24.0 Å². The van der Waals surface area contributed by atoms with Gasteiger partial charge in [0.15, 0.2) is 5.82 Å². The second-order valence-electron chi connectivity index (χ2n) is 7.21. The van der Waals surface area contributed by atoms with Crippen molar-refractivity contribution in [3.63, 3.8) is 0 Å². The lowest BCUT2D eigenvalue weighted by atomic mass is 10.1. The molecule has 7 nitrogen and oxygen atoms in total. The summed E-state index contributed by atoms with van der Waals surface area (Å²) in [6, 6.07) is 16.2. The third kappa shape index (κ3) is 5.05. The van der Waals surface area contributed by atoms with Crippen LogP contribution in [0.1, 0.15) is 11.6 Å². The van der Waals surface area contributed by atoms with Crippen LogP contribution in [0.3, 0.4) is 0 Å². The molecular weight excluding hydrogens is 376 g/mol. The van der Waals surface area contributed by atoms with E-state index in [0.29, 0.717) is 6.61 Å². The van der Waals surface area contributed by atoms with Gasteiger partial charge in [-0.2, -0.15) is 5.10 Å². The van der Waals surface area contributed by atoms with Gasteiger partial charge in [0.2, 0.25) is 0 Å². The molecule has 4 aromatic rings. The number of aromatic amines is 1. The highest BCUT2D eigenvalue weighted by Crippen LogP contribution is 2.23. The molecule has 1 N–H and O–H groups in total. The highest BCUT2D eigenvalue weighted by molar-refractivity contribution is 5.63. The van der Waals surface area contributed by atoms with Crippen LogP contribution in [0.2, 0.25) is 0 Å². The highest BCUT2D eigenvalue weighted by Gasteiger charge is 2.05. The summed E-state index contributed by atoms with van der Waals surface area (Å²) in [5.74, 6) is 3.51. The molecule has 30 heavy (non-hydrogen) atoms. The van der Waals surface area contributed by atoms with Gasteiger partial charge in [-0.1, -0.05) is 18.2 Å². The van der Waals surface area contributed by atoms with Crippen molar-refractivity contribution in [3.8, 4) is 16.9 Å². The third-order valence-electron chi connectivity index (χ3n) is 4.91. The van der Waals surface area contributed by atoms with E-state index in [0.717, 1.165) is 42.7 Å². The zero-order valence-corrected chi connectivity index (χ0v) is 17.3. The number of anilines is 1. The molecule has 0 aliphatic carbocycles. The standard InChI is InChI=1S/C23H26N6O/c1-18-25-22(27-26-18)11-14-29-13-10-20(17-29)19-6-8-21(9-7-19)30-16-15-28(2)23-5-3-4-12-24-23/h3-10,12-13,17H,11,14-16H2,1-2H3,(H,25,26,27). The monoisotopic (exact) mass is 402 g/mol. The first-order valence-corrected chi connectivity index (χ1v) is 10.1. The Labute approximate surface area is 176 Å². The molecular formula is C23H26N6O. The fourth-order valence-electron chi connectivity index (χ4n) is 3.22. The maximum Gasteiger partial charge on any atom is 0.152 e. The first kappa shape index (κ1) is 19.7. The van der Waals surface area contributed by atoms with Crippen LogP contribution in [-0.2, 0) is 13.0 Å². The number of benzene rings is 1. The summed E-state index contributed by atoms with van der Waals surface area (Å²) in [6.07, 6.45) is 6.84. The Morgan fingerprint density at radius 2 is 1.93 bits per heavy atom. The van der Waals surface area contributed by atoms with Gasteiger partial charge >= 0.3 is 0 Å². The molecule has 0 aliphatic heterocycles. The Morgan fingerprint density at radius 1 is 1.07 bits per heavy atom. The smallest absolute Gasteiger partial charge is 0.152 e. The number of likely N-dealkylation sites (N-methyl/N-ethyl adjacent to an activating group) is 1. The molecule has 0 saturated carbocycles. The highest BCUT2D eigenvalue weighted by atomic mass is 16.5. The van der Waals surface area contributed by atoms with Crippen molar-refractivity contribution in [1.29, 1.82) is 0 Å². The molecule has 0 radical (unpaired) electrons. The van der Waals surface area contributed by atoms with Crippen molar-refractivity contribution in [1.82, 2.24) is 24.7 Å². The maximum absolute atomic E-state index is 5.89. The Hall–Kier alpha value is -3.61. The summed E-state index contributed by atoms with van der Waals surface area (Å²) in [5.41, 5.74) is 2.35. The number of hydrogen-bond acceptors (Lipinski definition) is 5. The number of nitrogens with zero attached hydrogens (tertiary/aromatic N) is 5. The van der Waals surface area contributed by atoms with Gasteiger partial charge in [-0.15, -0.1) is 0 Å². The van der Waals surface area contributed by atoms with E-state index in [1.807, 2.05) is 44.3 Å². The molecule has 0 atom stereocenters. The van der Waals surface area contributed by atoms with Gasteiger partial charge in [0, 0.05) is 38.6 Å². The van der Waals surface area contributed by atoms with Crippen molar-refractivity contribution < 1.29 is 4.74 Å². The summed E-state index contributed by atoms with van der Waals surface area (Å²) >= 11 is 0. The lowest BCUT2D eigenvalue weighted by molar-refractivity contribution is 0.325. The van der Waals surface area contributed by atoms with Crippen molar-refractivity contribution in [2.45, 2.75) is 19.9 Å². The summed E-state index contributed by atoms with van der Waals surface area (Å²) in [5, 5.41) is 7.07. The number of rotatable bonds is 9. The topological polar surface area (TPSA) is 71.9 Å². The van der Waals surface area contributed by atoms with E-state index < -0.39 is 0 Å². The van der Waals surface area contributed by atoms with Gasteiger partial charge < -0.3 is 14.2 Å². The van der Waals surface area contributed by atoms with E-state index in [1.54, 1.807) is 6.20 Å². The Morgan fingerprint density at radius 3 is 2.67 bits per heavy atom. The number of aryl methyl sites for hydroxylation is 3. The van der Waals surface area contributed by atoms with Crippen LogP contribution in [0.5, 0.6) is 5.75 Å². The molecule has 7 heteroatoms. The predicted molar refractivity (Wildman–Crippen MR) is 118 cm³/mol. The summed E-state index contributed by atoms with van der Waals surface area (Å²) < 4.78 is 8.06. The van der Waals surface area contributed by atoms with E-state index >= 15 is 0 Å². The SMILES string of the molecule is Cc1nc(CCn2ccc(-c3ccc(OCCN(C)c4ccccn4)cc3)c2)n[nH]1. The molecule has 0 aliphatic rings. The number of aromatic nitrogens is 5. The Balaban J connectivity index is 1.27. The van der Waals surface area contributed by atoms with Crippen LogP contribution in [0.15, 0.2) is 67.1 Å². The molecule has 3 heterocycles. The zero-order chi connectivity index (χ0) is 20.8. The fraction of sp³-hybridized carbons (Fsp3) is 0.261. The average molecular weight is 403 g/mol. The van der Waals surface area contributed by atoms with Gasteiger partial charge in [-0.25, -0.2) is 9.97 Å². The summed E-state index contributed by atoms with van der Waals surface area (Å²) in [7, 11) is 2.02. The molecule has 1 aromatic carbocycles. The van der Waals surface area contributed by atoms with E-state index in [1.165, 1.54) is 11.1 Å². The molecule has 3 aromatic heterocycles. The lowest BCUT2D eigenvalue weighted by Gasteiger charge is -2.18. The van der Waals surface area contributed by atoms with Crippen LogP contribution in [0.25, 0.3) is 11.1 Å². The second kappa shape index (κ2) is 9.26. The number of hydrogen-bond donors (Lipinski definition) is 1. The first-order valence-electron chi connectivity index (χ1n) is 10.1. The minimum Gasteiger partial charge on any atom is -0.492 e. The quantitative estimate of drug-likeness (QED) is 0.462. The molecule has 0 saturated heterocycles. The van der Waals surface area contributed by atoms with E-state index in [2.05, 4.69) is 60.2 Å². The molecule has 0 bridgehead atoms. The average Bonchev–Trinajstić information content (AvgIpc) is 3.42. The van der Waals surface area contributed by atoms with E-state index in [-0.39, 0.29) is 0 Å². The molecule has 0 fully saturated rings. The van der Waals surface area contributed by atoms with Gasteiger partial charge in [0.05, 0.1) is 6.54 Å². The van der Waals surface area contributed by atoms with Crippen LogP contribution in [0.4, 0.5) is 5.82 Å². The molecule has 154 valence electrons. The van der Waals surface area contributed by atoms with Crippen molar-refractivity contribution in [3.05, 3.63) is 78.8 Å². The Bertz CT molecular complexity index is 1050. The minimum absolute atomic E-state index is 0.601.